The maximum atomic E-state index is 2.52. The molecule has 0 aliphatic heterocycles. The van der Waals surface area contributed by atoms with Gasteiger partial charge in [0.05, 0.1) is 22.1 Å². The molecular formula is C45H42N2. The summed E-state index contributed by atoms with van der Waals surface area (Å²) >= 11 is 0. The zero-order valence-corrected chi connectivity index (χ0v) is 28.5. The summed E-state index contributed by atoms with van der Waals surface area (Å²) in [6, 6.07) is 47.2. The molecular weight excluding hydrogens is 569 g/mol. The Labute approximate surface area is 277 Å². The second kappa shape index (κ2) is 10.5. The number of fused-ring (bicyclic) bond motifs is 6. The third kappa shape index (κ3) is 4.61. The van der Waals surface area contributed by atoms with Crippen molar-refractivity contribution < 1.29 is 0 Å². The van der Waals surface area contributed by atoms with Gasteiger partial charge in [0, 0.05) is 32.9 Å². The molecule has 0 fully saturated rings. The normalized spacial score (nSPS) is 12.6. The molecule has 0 aliphatic rings. The second-order valence-electron chi connectivity index (χ2n) is 15.1. The van der Waals surface area contributed by atoms with Gasteiger partial charge in [-0.2, -0.15) is 0 Å². The molecule has 0 spiro atoms. The van der Waals surface area contributed by atoms with Crippen LogP contribution in [0.5, 0.6) is 0 Å². The largest absolute Gasteiger partial charge is 0.309 e. The first kappa shape index (κ1) is 29.3. The molecule has 8 rings (SSSR count). The maximum absolute atomic E-state index is 2.52. The Morgan fingerprint density at radius 1 is 0.447 bits per heavy atom. The number of hydrogen-bond donors (Lipinski definition) is 0. The van der Waals surface area contributed by atoms with E-state index in [0.29, 0.717) is 0 Å². The predicted octanol–water partition coefficient (Wildman–Crippen LogP) is 12.5. The van der Waals surface area contributed by atoms with Crippen molar-refractivity contribution in [1.82, 2.24) is 9.13 Å². The van der Waals surface area contributed by atoms with Crippen molar-refractivity contribution in [3.05, 3.63) is 144 Å². The lowest BCUT2D eigenvalue weighted by atomic mass is 9.80. The molecule has 0 saturated heterocycles. The Balaban J connectivity index is 1.53. The van der Waals surface area contributed by atoms with Crippen LogP contribution < -0.4 is 0 Å². The van der Waals surface area contributed by atoms with Crippen molar-refractivity contribution >= 4 is 43.6 Å². The number of rotatable bonds is 3. The minimum absolute atomic E-state index is 0.0175. The Bertz CT molecular complexity index is 2390. The predicted molar refractivity (Wildman–Crippen MR) is 203 cm³/mol. The molecule has 2 aromatic heterocycles. The van der Waals surface area contributed by atoms with E-state index in [9.17, 15) is 0 Å². The van der Waals surface area contributed by atoms with Crippen LogP contribution in [0.1, 0.15) is 58.2 Å². The van der Waals surface area contributed by atoms with Gasteiger partial charge in [0.15, 0.2) is 0 Å². The lowest BCUT2D eigenvalue weighted by Gasteiger charge is -2.27. The highest BCUT2D eigenvalue weighted by atomic mass is 15.0. The first-order valence-electron chi connectivity index (χ1n) is 16.8. The summed E-state index contributed by atoms with van der Waals surface area (Å²) in [5.74, 6) is 0. The summed E-state index contributed by atoms with van der Waals surface area (Å²) in [6.07, 6.45) is 0. The molecule has 0 saturated carbocycles. The summed E-state index contributed by atoms with van der Waals surface area (Å²) in [4.78, 5) is 0. The molecule has 0 bridgehead atoms. The van der Waals surface area contributed by atoms with Crippen molar-refractivity contribution in [2.45, 2.75) is 59.3 Å². The number of aryl methyl sites for hydroxylation is 1. The standard InChI is InChI=1S/C45H42N2/c1-29-37(47-38-21-13-11-18-35(38)36-19-12-14-22-39(36)47)24-25-41-42(29)43-34(30-16-9-8-10-17-30)20-15-23-40(43)46(41)33-27-31(44(2,3)4)26-32(28-33)45(5,6)7/h8-28H,1-7H3. The lowest BCUT2D eigenvalue weighted by Crippen LogP contribution is -2.17. The summed E-state index contributed by atoms with van der Waals surface area (Å²) in [5, 5.41) is 5.16. The van der Waals surface area contributed by atoms with Gasteiger partial charge in [-0.1, -0.05) is 126 Å². The van der Waals surface area contributed by atoms with Gasteiger partial charge in [-0.05, 0) is 88.0 Å². The first-order chi connectivity index (χ1) is 22.5. The molecule has 47 heavy (non-hydrogen) atoms. The topological polar surface area (TPSA) is 9.86 Å². The zero-order valence-electron chi connectivity index (χ0n) is 28.5. The monoisotopic (exact) mass is 610 g/mol. The molecule has 2 heterocycles. The molecule has 0 atom stereocenters. The van der Waals surface area contributed by atoms with Crippen molar-refractivity contribution in [1.29, 1.82) is 0 Å². The van der Waals surface area contributed by atoms with Crippen LogP contribution >= 0.6 is 0 Å². The van der Waals surface area contributed by atoms with Gasteiger partial charge in [0.1, 0.15) is 0 Å². The van der Waals surface area contributed by atoms with Crippen molar-refractivity contribution in [2.24, 2.45) is 0 Å². The minimum Gasteiger partial charge on any atom is -0.309 e. The summed E-state index contributed by atoms with van der Waals surface area (Å²) in [6.45, 7) is 16.2. The van der Waals surface area contributed by atoms with E-state index in [1.807, 2.05) is 0 Å². The van der Waals surface area contributed by atoms with E-state index in [-0.39, 0.29) is 10.8 Å². The molecule has 0 N–H and O–H groups in total. The van der Waals surface area contributed by atoms with Crippen LogP contribution in [0.4, 0.5) is 0 Å². The molecule has 0 radical (unpaired) electrons. The van der Waals surface area contributed by atoms with Gasteiger partial charge in [-0.25, -0.2) is 0 Å². The fourth-order valence-corrected chi connectivity index (χ4v) is 7.47. The van der Waals surface area contributed by atoms with Crippen LogP contribution in [0.15, 0.2) is 127 Å². The summed E-state index contributed by atoms with van der Waals surface area (Å²) < 4.78 is 4.98. The van der Waals surface area contributed by atoms with Gasteiger partial charge in [-0.15, -0.1) is 0 Å². The van der Waals surface area contributed by atoms with E-state index in [0.717, 1.165) is 0 Å². The third-order valence-electron chi connectivity index (χ3n) is 10.0. The quantitative estimate of drug-likeness (QED) is 0.188. The van der Waals surface area contributed by atoms with Crippen LogP contribution in [0, 0.1) is 6.92 Å². The Morgan fingerprint density at radius 3 is 1.57 bits per heavy atom. The van der Waals surface area contributed by atoms with E-state index in [1.165, 1.54) is 82.8 Å². The van der Waals surface area contributed by atoms with Gasteiger partial charge >= 0.3 is 0 Å². The van der Waals surface area contributed by atoms with Crippen LogP contribution in [-0.2, 0) is 10.8 Å². The molecule has 2 heteroatoms. The fraction of sp³-hybridized carbons (Fsp3) is 0.200. The zero-order chi connectivity index (χ0) is 32.7. The minimum atomic E-state index is 0.0175. The molecule has 0 unspecified atom stereocenters. The van der Waals surface area contributed by atoms with E-state index in [2.05, 4.69) is 185 Å². The van der Waals surface area contributed by atoms with Crippen molar-refractivity contribution in [2.75, 3.05) is 0 Å². The molecule has 0 aliphatic carbocycles. The van der Waals surface area contributed by atoms with E-state index in [4.69, 9.17) is 0 Å². The number of para-hydroxylation sites is 2. The third-order valence-corrected chi connectivity index (χ3v) is 10.0. The Hall–Kier alpha value is -5.08. The lowest BCUT2D eigenvalue weighted by molar-refractivity contribution is 0.568. The SMILES string of the molecule is Cc1c(-n2c3ccccc3c3ccccc32)ccc2c1c1c(-c3ccccc3)cccc1n2-c1cc(C(C)(C)C)cc(C(C)(C)C)c1. The Morgan fingerprint density at radius 2 is 0.979 bits per heavy atom. The Kier molecular flexibility index (Phi) is 6.53. The average Bonchev–Trinajstić information content (AvgIpc) is 3.58. The molecule has 0 amide bonds. The smallest absolute Gasteiger partial charge is 0.0547 e. The number of benzene rings is 6. The van der Waals surface area contributed by atoms with Crippen LogP contribution in [0.25, 0.3) is 66.1 Å². The number of aromatic nitrogens is 2. The number of hydrogen-bond acceptors (Lipinski definition) is 0. The van der Waals surface area contributed by atoms with E-state index >= 15 is 0 Å². The average molecular weight is 611 g/mol. The van der Waals surface area contributed by atoms with Gasteiger partial charge < -0.3 is 9.13 Å². The van der Waals surface area contributed by atoms with Gasteiger partial charge in [0.2, 0.25) is 0 Å². The summed E-state index contributed by atoms with van der Waals surface area (Å²) in [5.41, 5.74) is 13.9. The second-order valence-corrected chi connectivity index (χ2v) is 15.1. The highest BCUT2D eigenvalue weighted by Gasteiger charge is 2.25. The highest BCUT2D eigenvalue weighted by Crippen LogP contribution is 2.44. The van der Waals surface area contributed by atoms with Gasteiger partial charge in [0.25, 0.3) is 0 Å². The first-order valence-corrected chi connectivity index (χ1v) is 16.8. The number of nitrogens with zero attached hydrogens (tertiary/aromatic N) is 2. The fourth-order valence-electron chi connectivity index (χ4n) is 7.47. The van der Waals surface area contributed by atoms with Crippen LogP contribution in [0.3, 0.4) is 0 Å². The molecule has 232 valence electrons. The van der Waals surface area contributed by atoms with Crippen LogP contribution in [0.2, 0.25) is 0 Å². The van der Waals surface area contributed by atoms with Gasteiger partial charge in [-0.3, -0.25) is 0 Å². The summed E-state index contributed by atoms with van der Waals surface area (Å²) in [7, 11) is 0. The molecule has 2 nitrogen and oxygen atoms in total. The van der Waals surface area contributed by atoms with Crippen molar-refractivity contribution in [3.8, 4) is 22.5 Å². The maximum Gasteiger partial charge on any atom is 0.0547 e. The van der Waals surface area contributed by atoms with E-state index in [1.54, 1.807) is 0 Å². The molecule has 8 aromatic rings. The van der Waals surface area contributed by atoms with Crippen LogP contribution in [-0.4, -0.2) is 9.13 Å². The highest BCUT2D eigenvalue weighted by molar-refractivity contribution is 6.18. The van der Waals surface area contributed by atoms with E-state index < -0.39 is 0 Å². The molecule has 6 aromatic carbocycles. The van der Waals surface area contributed by atoms with Crippen molar-refractivity contribution in [3.63, 3.8) is 0 Å².